The van der Waals surface area contributed by atoms with Crippen molar-refractivity contribution in [1.82, 2.24) is 0 Å². The molecule has 1 radical (unpaired) electrons. The van der Waals surface area contributed by atoms with Crippen molar-refractivity contribution in [2.24, 2.45) is 0 Å². The Hall–Kier alpha value is -0.350. The Bertz CT molecular complexity index is 84.1. The smallest absolute Gasteiger partial charge is 0.244 e. The molecular formula is C5H6F5. The quantitative estimate of drug-likeness (QED) is 0.555. The molecule has 0 fully saturated rings. The van der Waals surface area contributed by atoms with Gasteiger partial charge in [-0.15, -0.1) is 0 Å². The summed E-state index contributed by atoms with van der Waals surface area (Å²) in [7, 11) is 0. The summed E-state index contributed by atoms with van der Waals surface area (Å²) in [5, 5.41) is 0. The van der Waals surface area contributed by atoms with E-state index in [0.29, 0.717) is 0 Å². The molecule has 0 aromatic rings. The molecule has 0 aromatic carbocycles. The maximum atomic E-state index is 11.8. The predicted octanol–water partition coefficient (Wildman–Crippen LogP) is 2.45. The molecule has 0 bridgehead atoms. The zero-order valence-electron chi connectivity index (χ0n) is 4.91. The van der Waals surface area contributed by atoms with Crippen LogP contribution >= 0.6 is 0 Å². The third-order valence-electron chi connectivity index (χ3n) is 0.860. The van der Waals surface area contributed by atoms with E-state index in [0.717, 1.165) is 0 Å². The van der Waals surface area contributed by atoms with E-state index in [1.54, 1.807) is 0 Å². The zero-order valence-corrected chi connectivity index (χ0v) is 4.91. The second-order valence-electron chi connectivity index (χ2n) is 1.73. The molecule has 0 nitrogen and oxygen atoms in total. The molecule has 0 N–H and O–H groups in total. The van der Waals surface area contributed by atoms with Gasteiger partial charge in [0.25, 0.3) is 6.43 Å². The van der Waals surface area contributed by atoms with E-state index in [2.05, 4.69) is 0 Å². The number of hydrogen-bond acceptors (Lipinski definition) is 0. The van der Waals surface area contributed by atoms with Crippen molar-refractivity contribution >= 4 is 0 Å². The lowest BCUT2D eigenvalue weighted by molar-refractivity contribution is 0.0326. The Labute approximate surface area is 55.0 Å². The van der Waals surface area contributed by atoms with Gasteiger partial charge in [-0.1, -0.05) is 0 Å². The first-order valence-corrected chi connectivity index (χ1v) is 2.57. The highest BCUT2D eigenvalue weighted by atomic mass is 19.3. The average molecular weight is 161 g/mol. The Kier molecular flexibility index (Phi) is 4.31. The number of halogens is 5. The molecule has 10 heavy (non-hydrogen) atoms. The van der Waals surface area contributed by atoms with Crippen LogP contribution in [0.5, 0.6) is 0 Å². The summed E-state index contributed by atoms with van der Waals surface area (Å²) < 4.78 is 57.1. The molecule has 0 aliphatic heterocycles. The molecule has 5 heteroatoms. The fourth-order valence-corrected chi connectivity index (χ4v) is 0.369. The first-order valence-electron chi connectivity index (χ1n) is 2.57. The van der Waals surface area contributed by atoms with Gasteiger partial charge in [0, 0.05) is 6.42 Å². The summed E-state index contributed by atoms with van der Waals surface area (Å²) in [6.45, 7) is -0.449. The molecule has 2 atom stereocenters. The van der Waals surface area contributed by atoms with Gasteiger partial charge < -0.3 is 0 Å². The molecule has 0 spiro atoms. The molecule has 0 heterocycles. The second kappa shape index (κ2) is 4.46. The largest absolute Gasteiger partial charge is 0.269 e. The van der Waals surface area contributed by atoms with E-state index in [9.17, 15) is 22.0 Å². The maximum Gasteiger partial charge on any atom is 0.269 e. The monoisotopic (exact) mass is 161 g/mol. The third kappa shape index (κ3) is 3.63. The van der Waals surface area contributed by atoms with Gasteiger partial charge in [-0.2, -0.15) is 0 Å². The highest BCUT2D eigenvalue weighted by Gasteiger charge is 2.23. The van der Waals surface area contributed by atoms with E-state index in [4.69, 9.17) is 0 Å². The molecule has 61 valence electrons. The van der Waals surface area contributed by atoms with Gasteiger partial charge >= 0.3 is 0 Å². The molecule has 2 unspecified atom stereocenters. The lowest BCUT2D eigenvalue weighted by atomic mass is 10.2. The van der Waals surface area contributed by atoms with Crippen molar-refractivity contribution in [3.8, 4) is 0 Å². The van der Waals surface area contributed by atoms with Crippen LogP contribution in [0.4, 0.5) is 22.0 Å². The summed E-state index contributed by atoms with van der Waals surface area (Å²) in [5.74, 6) is 0. The molecule has 0 saturated carbocycles. The van der Waals surface area contributed by atoms with E-state index in [-0.39, 0.29) is 0 Å². The van der Waals surface area contributed by atoms with Crippen LogP contribution < -0.4 is 0 Å². The Morgan fingerprint density at radius 3 is 1.90 bits per heavy atom. The van der Waals surface area contributed by atoms with Crippen molar-refractivity contribution in [1.29, 1.82) is 0 Å². The third-order valence-corrected chi connectivity index (χ3v) is 0.860. The van der Waals surface area contributed by atoms with Crippen molar-refractivity contribution < 1.29 is 22.0 Å². The summed E-state index contributed by atoms with van der Waals surface area (Å²) >= 11 is 0. The van der Waals surface area contributed by atoms with Crippen LogP contribution in [0, 0.1) is 6.67 Å². The molecule has 0 amide bonds. The van der Waals surface area contributed by atoms with Gasteiger partial charge in [-0.05, 0) is 0 Å². The van der Waals surface area contributed by atoms with Gasteiger partial charge in [0.1, 0.15) is 6.17 Å². The highest BCUT2D eigenvalue weighted by Crippen LogP contribution is 2.15. The molecule has 0 saturated heterocycles. The first kappa shape index (κ1) is 9.65. The van der Waals surface area contributed by atoms with Crippen LogP contribution in [-0.2, 0) is 0 Å². The molecular weight excluding hydrogens is 155 g/mol. The van der Waals surface area contributed by atoms with Crippen LogP contribution in [0.1, 0.15) is 6.42 Å². The summed E-state index contributed by atoms with van der Waals surface area (Å²) in [5.41, 5.74) is 0. The van der Waals surface area contributed by atoms with Crippen molar-refractivity contribution in [2.45, 2.75) is 25.2 Å². The Morgan fingerprint density at radius 2 is 1.60 bits per heavy atom. The van der Waals surface area contributed by atoms with E-state index < -0.39 is 31.9 Å². The van der Waals surface area contributed by atoms with Gasteiger partial charge in [0.2, 0.25) is 0 Å². The number of rotatable bonds is 4. The average Bonchev–Trinajstić information content (AvgIpc) is 1.87. The van der Waals surface area contributed by atoms with Crippen LogP contribution in [0.15, 0.2) is 0 Å². The van der Waals surface area contributed by atoms with Crippen LogP contribution in [0.3, 0.4) is 0 Å². The van der Waals surface area contributed by atoms with Crippen molar-refractivity contribution in [2.75, 3.05) is 0 Å². The van der Waals surface area contributed by atoms with Gasteiger partial charge in [-0.25, -0.2) is 22.0 Å². The minimum absolute atomic E-state index is 0.449. The molecule has 0 rings (SSSR count). The lowest BCUT2D eigenvalue weighted by Gasteiger charge is -2.06. The predicted molar refractivity (Wildman–Crippen MR) is 25.8 cm³/mol. The summed E-state index contributed by atoms with van der Waals surface area (Å²) in [4.78, 5) is 0. The van der Waals surface area contributed by atoms with Crippen LogP contribution in [-0.4, -0.2) is 18.8 Å². The molecule has 0 aliphatic carbocycles. The summed E-state index contributed by atoms with van der Waals surface area (Å²) in [6.07, 6.45) is -9.17. The van der Waals surface area contributed by atoms with E-state index in [1.165, 1.54) is 0 Å². The number of alkyl halides is 4. The SMILES string of the molecule is F[CH]C(F)CC(F)C(F)F. The second-order valence-corrected chi connectivity index (χ2v) is 1.73. The van der Waals surface area contributed by atoms with Crippen molar-refractivity contribution in [3.05, 3.63) is 6.67 Å². The van der Waals surface area contributed by atoms with Gasteiger partial charge in [-0.3, -0.25) is 0 Å². The molecule has 0 aliphatic rings. The summed E-state index contributed by atoms with van der Waals surface area (Å²) in [6, 6.07) is 0. The molecule has 0 aromatic heterocycles. The Balaban J connectivity index is 3.46. The minimum Gasteiger partial charge on any atom is -0.244 e. The topological polar surface area (TPSA) is 0 Å². The fourth-order valence-electron chi connectivity index (χ4n) is 0.369. The lowest BCUT2D eigenvalue weighted by Crippen LogP contribution is -2.17. The zero-order chi connectivity index (χ0) is 8.15. The van der Waals surface area contributed by atoms with Crippen molar-refractivity contribution in [3.63, 3.8) is 0 Å². The van der Waals surface area contributed by atoms with Crippen LogP contribution in [0.2, 0.25) is 0 Å². The Morgan fingerprint density at radius 1 is 1.10 bits per heavy atom. The van der Waals surface area contributed by atoms with E-state index in [1.807, 2.05) is 0 Å². The van der Waals surface area contributed by atoms with Gasteiger partial charge in [0.15, 0.2) is 12.8 Å². The van der Waals surface area contributed by atoms with Crippen LogP contribution in [0.25, 0.3) is 0 Å². The van der Waals surface area contributed by atoms with Gasteiger partial charge in [0.05, 0.1) is 0 Å². The fraction of sp³-hybridized carbons (Fsp3) is 0.800. The minimum atomic E-state index is -3.24. The number of hydrogen-bond donors (Lipinski definition) is 0. The standard InChI is InChI=1S/C5H6F5/c6-2-3(7)1-4(8)5(9)10/h2-5H,1H2. The van der Waals surface area contributed by atoms with E-state index >= 15 is 0 Å². The normalized spacial score (nSPS) is 17.4. The first-order chi connectivity index (χ1) is 4.57. The highest BCUT2D eigenvalue weighted by molar-refractivity contribution is 4.71. The maximum absolute atomic E-state index is 11.8.